The number of benzene rings is 1. The zero-order valence-electron chi connectivity index (χ0n) is 11.2. The molecule has 0 fully saturated rings. The molecule has 0 spiro atoms. The third-order valence-electron chi connectivity index (χ3n) is 3.11. The molecule has 0 amide bonds. The van der Waals surface area contributed by atoms with Crippen LogP contribution < -0.4 is 16.0 Å². The number of nitrogens with one attached hydrogen (secondary N) is 1. The first kappa shape index (κ1) is 16.4. The Balaban J connectivity index is 1.99. The van der Waals surface area contributed by atoms with Crippen molar-refractivity contribution in [3.05, 3.63) is 28.3 Å². The molecule has 0 saturated carbocycles. The highest BCUT2D eigenvalue weighted by Gasteiger charge is 2.28. The Hall–Kier alpha value is -1.02. The van der Waals surface area contributed by atoms with E-state index in [1.165, 1.54) is 0 Å². The fourth-order valence-corrected chi connectivity index (χ4v) is 2.51. The minimum absolute atomic E-state index is 0.155. The van der Waals surface area contributed by atoms with Crippen molar-refractivity contribution >= 4 is 11.6 Å². The molecule has 1 aliphatic heterocycles. The molecular formula is C13H16ClF3N2O2. The summed E-state index contributed by atoms with van der Waals surface area (Å²) in [4.78, 5) is 0. The second kappa shape index (κ2) is 6.83. The van der Waals surface area contributed by atoms with Crippen LogP contribution in [0.3, 0.4) is 0 Å². The minimum atomic E-state index is -4.35. The van der Waals surface area contributed by atoms with Crippen molar-refractivity contribution < 1.29 is 22.6 Å². The maximum atomic E-state index is 12.1. The molecule has 1 aromatic rings. The Bertz CT molecular complexity index is 497. The first-order valence-electron chi connectivity index (χ1n) is 6.44. The predicted octanol–water partition coefficient (Wildman–Crippen LogP) is 2.23. The summed E-state index contributed by atoms with van der Waals surface area (Å²) in [6.07, 6.45) is -3.20. The van der Waals surface area contributed by atoms with Crippen LogP contribution in [0.4, 0.5) is 13.2 Å². The first-order valence-corrected chi connectivity index (χ1v) is 6.81. The van der Waals surface area contributed by atoms with Gasteiger partial charge in [0, 0.05) is 17.5 Å². The molecule has 3 N–H and O–H groups in total. The number of hydrazine groups is 1. The second-order valence-corrected chi connectivity index (χ2v) is 5.29. The van der Waals surface area contributed by atoms with Crippen molar-refractivity contribution in [3.63, 3.8) is 0 Å². The summed E-state index contributed by atoms with van der Waals surface area (Å²) >= 11 is 6.03. The van der Waals surface area contributed by atoms with Crippen LogP contribution in [0.1, 0.15) is 11.1 Å². The highest BCUT2D eigenvalue weighted by atomic mass is 35.5. The largest absolute Gasteiger partial charge is 0.493 e. The number of rotatable bonds is 6. The number of hydrogen-bond donors (Lipinski definition) is 2. The van der Waals surface area contributed by atoms with Crippen molar-refractivity contribution in [1.82, 2.24) is 5.43 Å². The summed E-state index contributed by atoms with van der Waals surface area (Å²) < 4.78 is 46.3. The summed E-state index contributed by atoms with van der Waals surface area (Å²) in [6, 6.07) is 3.11. The lowest BCUT2D eigenvalue weighted by Crippen LogP contribution is -2.41. The van der Waals surface area contributed by atoms with E-state index in [1.807, 2.05) is 6.07 Å². The van der Waals surface area contributed by atoms with Crippen LogP contribution in [0.5, 0.6) is 5.75 Å². The van der Waals surface area contributed by atoms with E-state index in [0.29, 0.717) is 18.1 Å². The second-order valence-electron chi connectivity index (χ2n) is 4.85. The molecule has 0 radical (unpaired) electrons. The first-order chi connectivity index (χ1) is 9.89. The quantitative estimate of drug-likeness (QED) is 0.622. The number of halogens is 4. The van der Waals surface area contributed by atoms with Gasteiger partial charge in [0.05, 0.1) is 13.2 Å². The number of nitrogens with two attached hydrogens (primary N) is 1. The van der Waals surface area contributed by atoms with Gasteiger partial charge in [-0.3, -0.25) is 11.3 Å². The van der Waals surface area contributed by atoms with E-state index in [1.54, 1.807) is 6.07 Å². The van der Waals surface area contributed by atoms with Gasteiger partial charge in [-0.2, -0.15) is 13.2 Å². The van der Waals surface area contributed by atoms with Gasteiger partial charge in [-0.25, -0.2) is 0 Å². The molecule has 0 bridgehead atoms. The lowest BCUT2D eigenvalue weighted by Gasteiger charge is -2.18. The van der Waals surface area contributed by atoms with Crippen molar-refractivity contribution in [3.8, 4) is 5.75 Å². The molecule has 0 saturated heterocycles. The van der Waals surface area contributed by atoms with Gasteiger partial charge >= 0.3 is 6.18 Å². The van der Waals surface area contributed by atoms with Gasteiger partial charge in [-0.1, -0.05) is 11.6 Å². The molecule has 1 atom stereocenters. The van der Waals surface area contributed by atoms with Crippen LogP contribution in [-0.4, -0.2) is 32.0 Å². The van der Waals surface area contributed by atoms with Crippen LogP contribution in [-0.2, 0) is 17.6 Å². The van der Waals surface area contributed by atoms with Gasteiger partial charge in [0.2, 0.25) is 0 Å². The fraction of sp³-hybridized carbons (Fsp3) is 0.538. The van der Waals surface area contributed by atoms with Crippen LogP contribution >= 0.6 is 11.6 Å². The van der Waals surface area contributed by atoms with E-state index < -0.39 is 18.8 Å². The summed E-state index contributed by atoms with van der Waals surface area (Å²) in [7, 11) is 0. The Labute approximate surface area is 125 Å². The molecule has 4 nitrogen and oxygen atoms in total. The van der Waals surface area contributed by atoms with Crippen LogP contribution in [0, 0.1) is 0 Å². The lowest BCUT2D eigenvalue weighted by atomic mass is 10.0. The molecule has 0 aliphatic carbocycles. The smallest absolute Gasteiger partial charge is 0.411 e. The zero-order valence-corrected chi connectivity index (χ0v) is 11.9. The van der Waals surface area contributed by atoms with Gasteiger partial charge in [0.25, 0.3) is 0 Å². The average molecular weight is 325 g/mol. The monoisotopic (exact) mass is 324 g/mol. The minimum Gasteiger partial charge on any atom is -0.493 e. The number of hydrogen-bond acceptors (Lipinski definition) is 4. The van der Waals surface area contributed by atoms with Crippen molar-refractivity contribution in [2.75, 3.05) is 19.8 Å². The number of ether oxygens (including phenoxy) is 2. The Morgan fingerprint density at radius 2 is 2.19 bits per heavy atom. The average Bonchev–Trinajstić information content (AvgIpc) is 2.84. The molecule has 21 heavy (non-hydrogen) atoms. The molecule has 1 aliphatic rings. The van der Waals surface area contributed by atoms with Gasteiger partial charge in [-0.15, -0.1) is 0 Å². The van der Waals surface area contributed by atoms with Crippen molar-refractivity contribution in [1.29, 1.82) is 0 Å². The molecule has 118 valence electrons. The van der Waals surface area contributed by atoms with E-state index in [9.17, 15) is 13.2 Å². The van der Waals surface area contributed by atoms with E-state index >= 15 is 0 Å². The van der Waals surface area contributed by atoms with Gasteiger partial charge in [0.15, 0.2) is 0 Å². The highest BCUT2D eigenvalue weighted by molar-refractivity contribution is 6.30. The van der Waals surface area contributed by atoms with E-state index in [0.717, 1.165) is 23.3 Å². The van der Waals surface area contributed by atoms with E-state index in [-0.39, 0.29) is 6.61 Å². The van der Waals surface area contributed by atoms with Crippen LogP contribution in [0.25, 0.3) is 0 Å². The molecule has 0 aromatic heterocycles. The third kappa shape index (κ3) is 4.74. The maximum absolute atomic E-state index is 12.1. The van der Waals surface area contributed by atoms with E-state index in [4.69, 9.17) is 22.2 Å². The topological polar surface area (TPSA) is 56.5 Å². The molecule has 1 unspecified atom stereocenters. The molecule has 2 rings (SSSR count). The van der Waals surface area contributed by atoms with Crippen molar-refractivity contribution in [2.45, 2.75) is 25.1 Å². The highest BCUT2D eigenvalue weighted by Crippen LogP contribution is 2.33. The summed E-state index contributed by atoms with van der Waals surface area (Å²) in [5.74, 6) is 6.11. The molecule has 1 aromatic carbocycles. The number of alkyl halides is 3. The summed E-state index contributed by atoms with van der Waals surface area (Å²) in [5.41, 5.74) is 4.27. The third-order valence-corrected chi connectivity index (χ3v) is 3.33. The van der Waals surface area contributed by atoms with Gasteiger partial charge < -0.3 is 9.47 Å². The normalized spacial score (nSPS) is 15.7. The van der Waals surface area contributed by atoms with E-state index in [2.05, 4.69) is 10.2 Å². The van der Waals surface area contributed by atoms with Crippen LogP contribution in [0.15, 0.2) is 12.1 Å². The van der Waals surface area contributed by atoms with Gasteiger partial charge in [0.1, 0.15) is 12.4 Å². The number of fused-ring (bicyclic) bond motifs is 1. The SMILES string of the molecule is NNC(COCC(F)(F)F)Cc1cc(Cl)cc2c1OCC2. The molecule has 8 heteroatoms. The standard InChI is InChI=1S/C13H16ClF3N2O2/c14-10-3-8-1-2-21-12(8)9(4-10)5-11(19-18)6-20-7-13(15,16)17/h3-4,11,19H,1-2,5-7,18H2. The fourth-order valence-electron chi connectivity index (χ4n) is 2.25. The lowest BCUT2D eigenvalue weighted by molar-refractivity contribution is -0.175. The Kier molecular flexibility index (Phi) is 5.32. The maximum Gasteiger partial charge on any atom is 0.411 e. The summed E-state index contributed by atoms with van der Waals surface area (Å²) in [6.45, 7) is -0.874. The van der Waals surface area contributed by atoms with Gasteiger partial charge in [-0.05, 0) is 29.7 Å². The summed E-state index contributed by atoms with van der Waals surface area (Å²) in [5, 5.41) is 0.571. The predicted molar refractivity (Wildman–Crippen MR) is 72.3 cm³/mol. The molecule has 1 heterocycles. The Morgan fingerprint density at radius 1 is 1.43 bits per heavy atom. The Morgan fingerprint density at radius 3 is 2.86 bits per heavy atom. The van der Waals surface area contributed by atoms with Crippen LogP contribution in [0.2, 0.25) is 5.02 Å². The zero-order chi connectivity index (χ0) is 15.5. The van der Waals surface area contributed by atoms with Crippen molar-refractivity contribution in [2.24, 2.45) is 5.84 Å². The molecular weight excluding hydrogens is 309 g/mol.